The Morgan fingerprint density at radius 1 is 1.19 bits per heavy atom. The third kappa shape index (κ3) is 6.03. The quantitative estimate of drug-likeness (QED) is 0.578. The van der Waals surface area contributed by atoms with Gasteiger partial charge in [0, 0.05) is 12.1 Å². The summed E-state index contributed by atoms with van der Waals surface area (Å²) in [5.41, 5.74) is 16.6. The minimum atomic E-state index is -0.590. The van der Waals surface area contributed by atoms with Gasteiger partial charge in [-0.15, -0.1) is 0 Å². The molecule has 0 aromatic heterocycles. The molecule has 6 nitrogen and oxygen atoms in total. The molecule has 1 aromatic rings. The van der Waals surface area contributed by atoms with Crippen molar-refractivity contribution in [3.05, 3.63) is 35.1 Å². The van der Waals surface area contributed by atoms with E-state index >= 15 is 0 Å². The van der Waals surface area contributed by atoms with E-state index in [0.29, 0.717) is 11.1 Å². The Morgan fingerprint density at radius 3 is 2.33 bits per heavy atom. The predicted octanol–water partition coefficient (Wildman–Crippen LogP) is -1.09. The van der Waals surface area contributed by atoms with Gasteiger partial charge in [0.05, 0.1) is 19.6 Å². The van der Waals surface area contributed by atoms with Crippen LogP contribution >= 0.6 is 0 Å². The number of carbonyl (C=O) groups is 2. The van der Waals surface area contributed by atoms with Crippen LogP contribution in [0.25, 0.3) is 0 Å². The zero-order chi connectivity index (χ0) is 15.8. The molecule has 0 saturated heterocycles. The SMILES string of the molecule is NCC#Cc1cc(F)ccc1CN(CC(N)=O)CC(N)=O. The topological polar surface area (TPSA) is 115 Å². The molecule has 0 fully saturated rings. The molecule has 0 spiro atoms. The van der Waals surface area contributed by atoms with Gasteiger partial charge in [-0.3, -0.25) is 14.5 Å². The summed E-state index contributed by atoms with van der Waals surface area (Å²) in [7, 11) is 0. The number of nitrogens with two attached hydrogens (primary N) is 3. The van der Waals surface area contributed by atoms with E-state index < -0.39 is 17.6 Å². The summed E-state index contributed by atoms with van der Waals surface area (Å²) in [4.78, 5) is 23.5. The Balaban J connectivity index is 3.01. The van der Waals surface area contributed by atoms with Crippen LogP contribution in [0.3, 0.4) is 0 Å². The van der Waals surface area contributed by atoms with Gasteiger partial charge in [-0.1, -0.05) is 17.9 Å². The van der Waals surface area contributed by atoms with Crippen molar-refractivity contribution in [2.45, 2.75) is 6.54 Å². The Labute approximate surface area is 122 Å². The molecule has 0 bridgehead atoms. The minimum Gasteiger partial charge on any atom is -0.369 e. The number of carbonyl (C=O) groups excluding carboxylic acids is 2. The van der Waals surface area contributed by atoms with Crippen LogP contribution < -0.4 is 17.2 Å². The maximum Gasteiger partial charge on any atom is 0.231 e. The molecule has 0 heterocycles. The van der Waals surface area contributed by atoms with Gasteiger partial charge in [-0.25, -0.2) is 4.39 Å². The van der Waals surface area contributed by atoms with E-state index in [1.165, 1.54) is 23.1 Å². The van der Waals surface area contributed by atoms with Crippen molar-refractivity contribution in [3.63, 3.8) is 0 Å². The summed E-state index contributed by atoms with van der Waals surface area (Å²) in [5, 5.41) is 0. The molecule has 0 saturated carbocycles. The van der Waals surface area contributed by atoms with Crippen molar-refractivity contribution in [1.82, 2.24) is 4.90 Å². The van der Waals surface area contributed by atoms with Crippen LogP contribution in [0.5, 0.6) is 0 Å². The summed E-state index contributed by atoms with van der Waals surface area (Å²) in [6.45, 7) is 0.0666. The smallest absolute Gasteiger partial charge is 0.231 e. The van der Waals surface area contributed by atoms with Crippen molar-refractivity contribution in [2.75, 3.05) is 19.6 Å². The molecule has 0 aliphatic heterocycles. The van der Waals surface area contributed by atoms with Crippen molar-refractivity contribution in [3.8, 4) is 11.8 Å². The first-order valence-electron chi connectivity index (χ1n) is 6.18. The summed E-state index contributed by atoms with van der Waals surface area (Å²) in [6, 6.07) is 4.07. The fraction of sp³-hybridized carbons (Fsp3) is 0.286. The summed E-state index contributed by atoms with van der Waals surface area (Å²) >= 11 is 0. The average molecular weight is 292 g/mol. The fourth-order valence-corrected chi connectivity index (χ4v) is 1.80. The predicted molar refractivity (Wildman–Crippen MR) is 76.0 cm³/mol. The molecule has 0 unspecified atom stereocenters. The standard InChI is InChI=1S/C14H17FN4O2/c15-12-4-3-11(10(6-12)2-1-5-16)7-19(8-13(17)20)9-14(18)21/h3-4,6H,5,7-9,16H2,(H2,17,20)(H2,18,21). The molecule has 0 radical (unpaired) electrons. The summed E-state index contributed by atoms with van der Waals surface area (Å²) < 4.78 is 13.3. The summed E-state index contributed by atoms with van der Waals surface area (Å²) in [5.74, 6) is 3.77. The number of rotatable bonds is 6. The van der Waals surface area contributed by atoms with E-state index in [1.807, 2.05) is 0 Å². The van der Waals surface area contributed by atoms with Gasteiger partial charge in [0.15, 0.2) is 0 Å². The Bertz CT molecular complexity index is 576. The molecule has 112 valence electrons. The Morgan fingerprint density at radius 2 is 1.81 bits per heavy atom. The lowest BCUT2D eigenvalue weighted by molar-refractivity contribution is -0.122. The largest absolute Gasteiger partial charge is 0.369 e. The molecule has 1 rings (SSSR count). The van der Waals surface area contributed by atoms with E-state index in [-0.39, 0.29) is 26.2 Å². The molecule has 2 amide bonds. The maximum absolute atomic E-state index is 13.3. The molecule has 7 heteroatoms. The van der Waals surface area contributed by atoms with Gasteiger partial charge < -0.3 is 17.2 Å². The van der Waals surface area contributed by atoms with Gasteiger partial charge in [0.2, 0.25) is 11.8 Å². The molecule has 21 heavy (non-hydrogen) atoms. The molecule has 0 aliphatic carbocycles. The lowest BCUT2D eigenvalue weighted by Crippen LogP contribution is -2.39. The van der Waals surface area contributed by atoms with E-state index in [0.717, 1.165) is 0 Å². The first-order chi connectivity index (χ1) is 9.92. The van der Waals surface area contributed by atoms with E-state index in [9.17, 15) is 14.0 Å². The van der Waals surface area contributed by atoms with Gasteiger partial charge in [0.1, 0.15) is 5.82 Å². The number of hydrogen-bond donors (Lipinski definition) is 3. The normalized spacial score (nSPS) is 10.0. The van der Waals surface area contributed by atoms with Crippen LogP contribution in [0.1, 0.15) is 11.1 Å². The number of hydrogen-bond acceptors (Lipinski definition) is 4. The highest BCUT2D eigenvalue weighted by Crippen LogP contribution is 2.13. The van der Waals surface area contributed by atoms with Crippen molar-refractivity contribution < 1.29 is 14.0 Å². The van der Waals surface area contributed by atoms with Crippen LogP contribution in [0.15, 0.2) is 18.2 Å². The highest BCUT2D eigenvalue weighted by atomic mass is 19.1. The van der Waals surface area contributed by atoms with Crippen LogP contribution in [0.2, 0.25) is 0 Å². The van der Waals surface area contributed by atoms with Gasteiger partial charge in [-0.2, -0.15) is 0 Å². The minimum absolute atomic E-state index is 0.135. The first-order valence-corrected chi connectivity index (χ1v) is 6.18. The first kappa shape index (κ1) is 16.6. The van der Waals surface area contributed by atoms with E-state index in [1.54, 1.807) is 0 Å². The van der Waals surface area contributed by atoms with Crippen LogP contribution in [0.4, 0.5) is 4.39 Å². The number of nitrogens with zero attached hydrogens (tertiary/aromatic N) is 1. The average Bonchev–Trinajstić information content (AvgIpc) is 2.37. The second-order valence-corrected chi connectivity index (χ2v) is 4.39. The second kappa shape index (κ2) is 7.99. The van der Waals surface area contributed by atoms with Crippen molar-refractivity contribution in [2.24, 2.45) is 17.2 Å². The molecule has 1 aromatic carbocycles. The lowest BCUT2D eigenvalue weighted by atomic mass is 10.1. The lowest BCUT2D eigenvalue weighted by Gasteiger charge is -2.19. The molecule has 0 atom stereocenters. The van der Waals surface area contributed by atoms with Crippen LogP contribution in [0, 0.1) is 17.7 Å². The number of benzene rings is 1. The number of amides is 2. The Hall–Kier alpha value is -2.43. The van der Waals surface area contributed by atoms with Gasteiger partial charge >= 0.3 is 0 Å². The van der Waals surface area contributed by atoms with Crippen LogP contribution in [-0.4, -0.2) is 36.3 Å². The van der Waals surface area contributed by atoms with Gasteiger partial charge in [-0.05, 0) is 17.7 Å². The second-order valence-electron chi connectivity index (χ2n) is 4.39. The van der Waals surface area contributed by atoms with Gasteiger partial charge in [0.25, 0.3) is 0 Å². The number of primary amides is 2. The van der Waals surface area contributed by atoms with E-state index in [2.05, 4.69) is 11.8 Å². The monoisotopic (exact) mass is 292 g/mol. The highest BCUT2D eigenvalue weighted by Gasteiger charge is 2.14. The molecular formula is C14H17FN4O2. The molecule has 0 aliphatic rings. The third-order valence-corrected chi connectivity index (χ3v) is 2.55. The highest BCUT2D eigenvalue weighted by molar-refractivity contribution is 5.79. The zero-order valence-electron chi connectivity index (χ0n) is 11.4. The summed E-state index contributed by atoms with van der Waals surface area (Å²) in [6.07, 6.45) is 0. The van der Waals surface area contributed by atoms with E-state index in [4.69, 9.17) is 17.2 Å². The molecule has 6 N–H and O–H groups in total. The number of halogens is 1. The van der Waals surface area contributed by atoms with Crippen molar-refractivity contribution in [1.29, 1.82) is 0 Å². The third-order valence-electron chi connectivity index (χ3n) is 2.55. The fourth-order valence-electron chi connectivity index (χ4n) is 1.80. The maximum atomic E-state index is 13.3. The van der Waals surface area contributed by atoms with Crippen LogP contribution in [-0.2, 0) is 16.1 Å². The van der Waals surface area contributed by atoms with Crippen molar-refractivity contribution >= 4 is 11.8 Å². The molecular weight excluding hydrogens is 275 g/mol. The zero-order valence-corrected chi connectivity index (χ0v) is 11.4. The Kier molecular flexibility index (Phi) is 6.33.